The minimum atomic E-state index is -0.895. The average molecular weight is 261 g/mol. The molecule has 1 aromatic carbocycles. The Balaban J connectivity index is 2.47. The monoisotopic (exact) mass is 261 g/mol. The van der Waals surface area contributed by atoms with Crippen LogP contribution in [0.4, 0.5) is 0 Å². The molecule has 0 saturated heterocycles. The molecule has 1 atom stereocenters. The number of carbonyl (C=O) groups excluding carboxylic acids is 1. The maximum atomic E-state index is 11.4. The van der Waals surface area contributed by atoms with Crippen LogP contribution in [0.1, 0.15) is 18.4 Å². The van der Waals surface area contributed by atoms with Gasteiger partial charge in [-0.25, -0.2) is 0 Å². The summed E-state index contributed by atoms with van der Waals surface area (Å²) < 4.78 is 0. The third-order valence-electron chi connectivity index (χ3n) is 2.80. The number of carbonyl (C=O) groups is 2. The van der Waals surface area contributed by atoms with Gasteiger partial charge in [-0.15, -0.1) is 6.58 Å². The topological polar surface area (TPSA) is 66.4 Å². The van der Waals surface area contributed by atoms with Crippen LogP contribution >= 0.6 is 0 Å². The Bertz CT molecular complexity index is 428. The first kappa shape index (κ1) is 15.0. The molecular weight excluding hydrogens is 242 g/mol. The van der Waals surface area contributed by atoms with Crippen LogP contribution in [0.25, 0.3) is 0 Å². The van der Waals surface area contributed by atoms with E-state index in [0.29, 0.717) is 19.3 Å². The number of benzene rings is 1. The van der Waals surface area contributed by atoms with Crippen LogP contribution in [0.3, 0.4) is 0 Å². The van der Waals surface area contributed by atoms with Crippen LogP contribution in [-0.4, -0.2) is 23.5 Å². The van der Waals surface area contributed by atoms with Gasteiger partial charge in [-0.3, -0.25) is 9.59 Å². The molecule has 0 aliphatic rings. The molecule has 19 heavy (non-hydrogen) atoms. The van der Waals surface area contributed by atoms with Gasteiger partial charge in [-0.1, -0.05) is 36.4 Å². The second-order valence-corrected chi connectivity index (χ2v) is 4.36. The number of rotatable bonds is 8. The molecule has 1 rings (SSSR count). The lowest BCUT2D eigenvalue weighted by molar-refractivity contribution is -0.141. The Labute approximate surface area is 113 Å². The lowest BCUT2D eigenvalue weighted by Gasteiger charge is -2.13. The molecule has 2 N–H and O–H groups in total. The Morgan fingerprint density at radius 1 is 1.32 bits per heavy atom. The first-order chi connectivity index (χ1) is 9.13. The number of amides is 1. The highest BCUT2D eigenvalue weighted by atomic mass is 16.4. The summed E-state index contributed by atoms with van der Waals surface area (Å²) in [5.41, 5.74) is 0.954. The smallest absolute Gasteiger partial charge is 0.308 e. The van der Waals surface area contributed by atoms with Crippen LogP contribution in [0.2, 0.25) is 0 Å². The lowest BCUT2D eigenvalue weighted by atomic mass is 9.99. The number of hydrogen-bond donors (Lipinski definition) is 2. The predicted octanol–water partition coefficient (Wildman–Crippen LogP) is 2.01. The Kier molecular flexibility index (Phi) is 6.36. The third-order valence-corrected chi connectivity index (χ3v) is 2.80. The molecule has 0 fully saturated rings. The zero-order valence-corrected chi connectivity index (χ0v) is 10.8. The molecule has 0 saturated carbocycles. The zero-order chi connectivity index (χ0) is 14.1. The summed E-state index contributed by atoms with van der Waals surface area (Å²) in [4.78, 5) is 22.6. The maximum absolute atomic E-state index is 11.4. The van der Waals surface area contributed by atoms with Crippen molar-refractivity contribution in [3.05, 3.63) is 48.6 Å². The fourth-order valence-electron chi connectivity index (χ4n) is 1.70. The van der Waals surface area contributed by atoms with Gasteiger partial charge in [0.15, 0.2) is 0 Å². The van der Waals surface area contributed by atoms with Crippen molar-refractivity contribution in [1.82, 2.24) is 5.32 Å². The first-order valence-corrected chi connectivity index (χ1v) is 6.27. The second kappa shape index (κ2) is 8.08. The van der Waals surface area contributed by atoms with Gasteiger partial charge in [-0.05, 0) is 18.4 Å². The molecule has 102 valence electrons. The van der Waals surface area contributed by atoms with Gasteiger partial charge in [0, 0.05) is 13.0 Å². The number of allylic oxidation sites excluding steroid dienone is 1. The molecule has 0 aliphatic heterocycles. The van der Waals surface area contributed by atoms with Crippen molar-refractivity contribution in [1.29, 1.82) is 0 Å². The number of hydrogen-bond acceptors (Lipinski definition) is 2. The van der Waals surface area contributed by atoms with Crippen molar-refractivity contribution in [2.75, 3.05) is 6.54 Å². The highest BCUT2D eigenvalue weighted by Crippen LogP contribution is 2.08. The summed E-state index contributed by atoms with van der Waals surface area (Å²) in [6, 6.07) is 9.40. The maximum Gasteiger partial charge on any atom is 0.308 e. The Morgan fingerprint density at radius 2 is 2.00 bits per heavy atom. The van der Waals surface area contributed by atoms with Crippen LogP contribution < -0.4 is 5.32 Å². The summed E-state index contributed by atoms with van der Waals surface area (Å²) in [6.07, 6.45) is 3.03. The number of aliphatic carboxylic acids is 1. The number of carboxylic acid groups (broad SMARTS) is 1. The van der Waals surface area contributed by atoms with E-state index in [9.17, 15) is 9.59 Å². The van der Waals surface area contributed by atoms with Crippen LogP contribution in [0, 0.1) is 5.92 Å². The molecule has 1 unspecified atom stereocenters. The van der Waals surface area contributed by atoms with E-state index in [2.05, 4.69) is 11.9 Å². The van der Waals surface area contributed by atoms with E-state index < -0.39 is 11.9 Å². The molecule has 4 nitrogen and oxygen atoms in total. The van der Waals surface area contributed by atoms with E-state index in [1.165, 1.54) is 0 Å². The van der Waals surface area contributed by atoms with Crippen LogP contribution in [0.15, 0.2) is 43.0 Å². The summed E-state index contributed by atoms with van der Waals surface area (Å²) in [5, 5.41) is 11.8. The molecule has 4 heteroatoms. The van der Waals surface area contributed by atoms with Gasteiger partial charge in [0.25, 0.3) is 0 Å². The lowest BCUT2D eigenvalue weighted by Crippen LogP contribution is -2.33. The van der Waals surface area contributed by atoms with E-state index in [4.69, 9.17) is 5.11 Å². The molecule has 1 aromatic rings. The minimum absolute atomic E-state index is 0.140. The molecule has 1 amide bonds. The predicted molar refractivity (Wildman–Crippen MR) is 73.7 cm³/mol. The Morgan fingerprint density at radius 3 is 2.58 bits per heavy atom. The van der Waals surface area contributed by atoms with Crippen LogP contribution in [-0.2, 0) is 16.0 Å². The molecule has 0 spiro atoms. The standard InChI is InChI=1S/C15H19NO3/c1-2-3-9-14(17)16-11-13(15(18)19)10-12-7-5-4-6-8-12/h2,4-8,13H,1,3,9-11H2,(H,16,17)(H,18,19). The van der Waals surface area contributed by atoms with E-state index >= 15 is 0 Å². The fourth-order valence-corrected chi connectivity index (χ4v) is 1.70. The highest BCUT2D eigenvalue weighted by molar-refractivity contribution is 5.77. The van der Waals surface area contributed by atoms with E-state index in [1.54, 1.807) is 6.08 Å². The quantitative estimate of drug-likeness (QED) is 0.703. The SMILES string of the molecule is C=CCCC(=O)NCC(Cc1ccccc1)C(=O)O. The van der Waals surface area contributed by atoms with Crippen LogP contribution in [0.5, 0.6) is 0 Å². The van der Waals surface area contributed by atoms with Gasteiger partial charge in [0.05, 0.1) is 5.92 Å². The number of nitrogens with one attached hydrogen (secondary N) is 1. The van der Waals surface area contributed by atoms with E-state index in [1.807, 2.05) is 30.3 Å². The first-order valence-electron chi connectivity index (χ1n) is 6.27. The Hall–Kier alpha value is -2.10. The fraction of sp³-hybridized carbons (Fsp3) is 0.333. The van der Waals surface area contributed by atoms with Crippen molar-refractivity contribution < 1.29 is 14.7 Å². The van der Waals surface area contributed by atoms with Crippen molar-refractivity contribution >= 4 is 11.9 Å². The van der Waals surface area contributed by atoms with Gasteiger partial charge in [-0.2, -0.15) is 0 Å². The van der Waals surface area contributed by atoms with Crippen molar-refractivity contribution in [3.63, 3.8) is 0 Å². The van der Waals surface area contributed by atoms with Gasteiger partial charge >= 0.3 is 5.97 Å². The average Bonchev–Trinajstić information content (AvgIpc) is 2.41. The molecule has 0 aliphatic carbocycles. The van der Waals surface area contributed by atoms with Gasteiger partial charge in [0.2, 0.25) is 5.91 Å². The van der Waals surface area contributed by atoms with Crippen molar-refractivity contribution in [2.45, 2.75) is 19.3 Å². The normalized spacial score (nSPS) is 11.6. The molecule has 0 bridgehead atoms. The highest BCUT2D eigenvalue weighted by Gasteiger charge is 2.18. The molecule has 0 radical (unpaired) electrons. The van der Waals surface area contributed by atoms with E-state index in [-0.39, 0.29) is 12.5 Å². The van der Waals surface area contributed by atoms with Gasteiger partial charge < -0.3 is 10.4 Å². The minimum Gasteiger partial charge on any atom is -0.481 e. The molecular formula is C15H19NO3. The number of carboxylic acids is 1. The summed E-state index contributed by atoms with van der Waals surface area (Å²) >= 11 is 0. The van der Waals surface area contributed by atoms with E-state index in [0.717, 1.165) is 5.56 Å². The largest absolute Gasteiger partial charge is 0.481 e. The second-order valence-electron chi connectivity index (χ2n) is 4.36. The molecule has 0 heterocycles. The van der Waals surface area contributed by atoms with Gasteiger partial charge in [0.1, 0.15) is 0 Å². The zero-order valence-electron chi connectivity index (χ0n) is 10.8. The third kappa shape index (κ3) is 5.86. The summed E-state index contributed by atoms with van der Waals surface area (Å²) in [7, 11) is 0. The van der Waals surface area contributed by atoms with Crippen molar-refractivity contribution in [2.24, 2.45) is 5.92 Å². The summed E-state index contributed by atoms with van der Waals surface area (Å²) in [6.45, 7) is 3.69. The molecule has 0 aromatic heterocycles. The summed E-state index contributed by atoms with van der Waals surface area (Å²) in [5.74, 6) is -1.64. The van der Waals surface area contributed by atoms with Crippen molar-refractivity contribution in [3.8, 4) is 0 Å².